The maximum absolute atomic E-state index is 12.4. The van der Waals surface area contributed by atoms with E-state index in [-0.39, 0.29) is 12.3 Å². The monoisotopic (exact) mass is 369 g/mol. The molecule has 8 heteroatoms. The number of imidazole rings is 1. The number of hydrogen-bond acceptors (Lipinski definition) is 4. The van der Waals surface area contributed by atoms with E-state index in [4.69, 9.17) is 0 Å². The fourth-order valence-corrected chi connectivity index (χ4v) is 3.10. The number of aromatic nitrogens is 4. The molecule has 1 N–H and O–H groups in total. The van der Waals surface area contributed by atoms with Crippen LogP contribution in [0.4, 0.5) is 0 Å². The molecule has 3 aromatic rings. The van der Waals surface area contributed by atoms with Crippen molar-refractivity contribution in [2.45, 2.75) is 26.3 Å². The third-order valence-corrected chi connectivity index (χ3v) is 4.77. The summed E-state index contributed by atoms with van der Waals surface area (Å²) in [6.07, 6.45) is 2.49. The third kappa shape index (κ3) is 3.69. The van der Waals surface area contributed by atoms with Crippen LogP contribution in [0.1, 0.15) is 17.5 Å². The number of nitrogens with one attached hydrogen (secondary N) is 1. The smallest absolute Gasteiger partial charge is 0.332 e. The lowest BCUT2D eigenvalue weighted by Gasteiger charge is -2.09. The first-order chi connectivity index (χ1) is 12.9. The Balaban J connectivity index is 1.63. The van der Waals surface area contributed by atoms with Crippen molar-refractivity contribution in [1.29, 1.82) is 0 Å². The van der Waals surface area contributed by atoms with Crippen LogP contribution in [0, 0.1) is 6.92 Å². The third-order valence-electron chi connectivity index (χ3n) is 4.77. The van der Waals surface area contributed by atoms with E-state index < -0.39 is 11.2 Å². The summed E-state index contributed by atoms with van der Waals surface area (Å²) in [6.45, 7) is 2.93. The molecule has 8 nitrogen and oxygen atoms in total. The Hall–Kier alpha value is -3.16. The molecule has 0 saturated carbocycles. The van der Waals surface area contributed by atoms with Gasteiger partial charge in [0.05, 0.1) is 6.33 Å². The van der Waals surface area contributed by atoms with Crippen molar-refractivity contribution >= 4 is 17.1 Å². The Morgan fingerprint density at radius 3 is 2.63 bits per heavy atom. The lowest BCUT2D eigenvalue weighted by molar-refractivity contribution is -0.121. The largest absolute Gasteiger partial charge is 0.356 e. The van der Waals surface area contributed by atoms with E-state index in [1.165, 1.54) is 29.1 Å². The van der Waals surface area contributed by atoms with Crippen LogP contribution in [-0.2, 0) is 31.9 Å². The first-order valence-electron chi connectivity index (χ1n) is 8.82. The fraction of sp³-hybridized carbons (Fsp3) is 0.368. The van der Waals surface area contributed by atoms with E-state index >= 15 is 0 Å². The number of hydrogen-bond donors (Lipinski definition) is 1. The number of nitrogens with zero attached hydrogens (tertiary/aromatic N) is 4. The molecule has 142 valence electrons. The number of fused-ring (bicyclic) bond motifs is 1. The molecule has 0 bridgehead atoms. The summed E-state index contributed by atoms with van der Waals surface area (Å²) in [5.41, 5.74) is 2.23. The highest BCUT2D eigenvalue weighted by molar-refractivity contribution is 5.76. The van der Waals surface area contributed by atoms with Crippen LogP contribution >= 0.6 is 0 Å². The van der Waals surface area contributed by atoms with Gasteiger partial charge in [0, 0.05) is 33.6 Å². The van der Waals surface area contributed by atoms with E-state index in [0.717, 1.165) is 11.0 Å². The molecule has 3 rings (SSSR count). The minimum absolute atomic E-state index is 0.0907. The second-order valence-corrected chi connectivity index (χ2v) is 6.59. The molecule has 0 radical (unpaired) electrons. The van der Waals surface area contributed by atoms with Crippen LogP contribution in [0.2, 0.25) is 0 Å². The number of carbonyl (C=O) groups excluding carboxylic acids is 1. The average molecular weight is 369 g/mol. The number of rotatable bonds is 6. The van der Waals surface area contributed by atoms with E-state index in [0.29, 0.717) is 24.3 Å². The lowest BCUT2D eigenvalue weighted by Crippen LogP contribution is -2.37. The molecule has 0 saturated heterocycles. The van der Waals surface area contributed by atoms with Gasteiger partial charge in [0.25, 0.3) is 5.56 Å². The Bertz CT molecular complexity index is 1110. The average Bonchev–Trinajstić information content (AvgIpc) is 3.08. The molecule has 1 amide bonds. The van der Waals surface area contributed by atoms with Crippen molar-refractivity contribution in [2.24, 2.45) is 14.1 Å². The van der Waals surface area contributed by atoms with Gasteiger partial charge in [-0.1, -0.05) is 24.3 Å². The van der Waals surface area contributed by atoms with Gasteiger partial charge in [-0.3, -0.25) is 18.7 Å². The predicted octanol–water partition coefficient (Wildman–Crippen LogP) is 0.491. The maximum atomic E-state index is 12.4. The zero-order chi connectivity index (χ0) is 19.6. The van der Waals surface area contributed by atoms with Crippen LogP contribution in [0.25, 0.3) is 11.2 Å². The van der Waals surface area contributed by atoms with Gasteiger partial charge in [-0.15, -0.1) is 0 Å². The van der Waals surface area contributed by atoms with Gasteiger partial charge in [-0.05, 0) is 24.5 Å². The molecule has 2 aromatic heterocycles. The summed E-state index contributed by atoms with van der Waals surface area (Å²) in [5.74, 6) is -0.0907. The summed E-state index contributed by atoms with van der Waals surface area (Å²) < 4.78 is 4.00. The van der Waals surface area contributed by atoms with Crippen molar-refractivity contribution in [3.63, 3.8) is 0 Å². The Labute approximate surface area is 156 Å². The number of aryl methyl sites for hydroxylation is 3. The molecule has 0 aliphatic rings. The first kappa shape index (κ1) is 18.6. The van der Waals surface area contributed by atoms with Gasteiger partial charge in [-0.25, -0.2) is 9.78 Å². The van der Waals surface area contributed by atoms with Gasteiger partial charge < -0.3 is 9.88 Å². The molecular formula is C19H23N5O3. The standard InChI is InChI=1S/C19H23N5O3/c1-13-6-4-5-7-14(13)8-10-20-15(25)9-11-24-12-21-17-16(24)18(26)23(3)19(27)22(17)2/h4-7,12H,8-11H2,1-3H3,(H,20,25). The topological polar surface area (TPSA) is 90.9 Å². The highest BCUT2D eigenvalue weighted by Crippen LogP contribution is 2.08. The van der Waals surface area contributed by atoms with Crippen LogP contribution in [0.3, 0.4) is 0 Å². The first-order valence-corrected chi connectivity index (χ1v) is 8.82. The van der Waals surface area contributed by atoms with Gasteiger partial charge in [0.1, 0.15) is 0 Å². The van der Waals surface area contributed by atoms with Crippen molar-refractivity contribution in [3.8, 4) is 0 Å². The Kier molecular flexibility index (Phi) is 5.25. The fourth-order valence-electron chi connectivity index (χ4n) is 3.10. The summed E-state index contributed by atoms with van der Waals surface area (Å²) >= 11 is 0. The molecule has 2 heterocycles. The number of carbonyl (C=O) groups is 1. The minimum Gasteiger partial charge on any atom is -0.356 e. The number of amides is 1. The second-order valence-electron chi connectivity index (χ2n) is 6.59. The van der Waals surface area contributed by atoms with E-state index in [9.17, 15) is 14.4 Å². The van der Waals surface area contributed by atoms with Gasteiger partial charge in [0.15, 0.2) is 11.2 Å². The van der Waals surface area contributed by atoms with Gasteiger partial charge in [-0.2, -0.15) is 0 Å². The van der Waals surface area contributed by atoms with Crippen molar-refractivity contribution in [1.82, 2.24) is 24.0 Å². The molecule has 0 fully saturated rings. The van der Waals surface area contributed by atoms with Crippen LogP contribution < -0.4 is 16.6 Å². The summed E-state index contributed by atoms with van der Waals surface area (Å²) in [7, 11) is 3.00. The highest BCUT2D eigenvalue weighted by Gasteiger charge is 2.14. The summed E-state index contributed by atoms with van der Waals surface area (Å²) in [4.78, 5) is 40.6. The molecular weight excluding hydrogens is 346 g/mol. The SMILES string of the molecule is Cc1ccccc1CCNC(=O)CCn1cnc2c1c(=O)n(C)c(=O)n2C. The predicted molar refractivity (Wildman–Crippen MR) is 103 cm³/mol. The van der Waals surface area contributed by atoms with Gasteiger partial charge in [0.2, 0.25) is 5.91 Å². The molecule has 0 unspecified atom stereocenters. The van der Waals surface area contributed by atoms with Crippen LogP contribution in [-0.4, -0.2) is 31.1 Å². The lowest BCUT2D eigenvalue weighted by atomic mass is 10.1. The van der Waals surface area contributed by atoms with Crippen molar-refractivity contribution in [2.75, 3.05) is 6.54 Å². The van der Waals surface area contributed by atoms with E-state index in [1.54, 1.807) is 11.6 Å². The molecule has 27 heavy (non-hydrogen) atoms. The Morgan fingerprint density at radius 1 is 1.15 bits per heavy atom. The zero-order valence-corrected chi connectivity index (χ0v) is 15.7. The second kappa shape index (κ2) is 7.61. The van der Waals surface area contributed by atoms with Crippen LogP contribution in [0.5, 0.6) is 0 Å². The zero-order valence-electron chi connectivity index (χ0n) is 15.7. The van der Waals surface area contributed by atoms with Crippen molar-refractivity contribution < 1.29 is 4.79 Å². The Morgan fingerprint density at radius 2 is 1.89 bits per heavy atom. The molecule has 0 aliphatic heterocycles. The molecule has 1 aromatic carbocycles. The quantitative estimate of drug-likeness (QED) is 0.685. The highest BCUT2D eigenvalue weighted by atomic mass is 16.2. The molecule has 0 spiro atoms. The number of benzene rings is 1. The molecule has 0 aliphatic carbocycles. The minimum atomic E-state index is -0.424. The van der Waals surface area contributed by atoms with Crippen LogP contribution in [0.15, 0.2) is 40.2 Å². The summed E-state index contributed by atoms with van der Waals surface area (Å²) in [5, 5.41) is 2.90. The van der Waals surface area contributed by atoms with E-state index in [1.807, 2.05) is 12.1 Å². The summed E-state index contributed by atoms with van der Waals surface area (Å²) in [6, 6.07) is 8.09. The molecule has 0 atom stereocenters. The normalized spacial score (nSPS) is 11.1. The van der Waals surface area contributed by atoms with E-state index in [2.05, 4.69) is 29.4 Å². The van der Waals surface area contributed by atoms with Gasteiger partial charge >= 0.3 is 5.69 Å². The maximum Gasteiger partial charge on any atom is 0.332 e. The van der Waals surface area contributed by atoms with Crippen molar-refractivity contribution in [3.05, 3.63) is 62.6 Å².